The molecule has 30 heavy (non-hydrogen) atoms. The predicted molar refractivity (Wildman–Crippen MR) is 124 cm³/mol. The smallest absolute Gasteiger partial charge is 0.261 e. The fraction of sp³-hybridized carbons (Fsp3) is 0.0800. The molecule has 0 saturated heterocycles. The summed E-state index contributed by atoms with van der Waals surface area (Å²) in [7, 11) is -3.66. The van der Waals surface area contributed by atoms with Crippen LogP contribution < -0.4 is 4.72 Å². The van der Waals surface area contributed by atoms with Gasteiger partial charge < -0.3 is 0 Å². The molecule has 0 aliphatic rings. The Morgan fingerprint density at radius 2 is 1.57 bits per heavy atom. The highest BCUT2D eigenvalue weighted by Gasteiger charge is 2.15. The first-order chi connectivity index (χ1) is 14.4. The van der Waals surface area contributed by atoms with Crippen molar-refractivity contribution in [3.63, 3.8) is 0 Å². The van der Waals surface area contributed by atoms with Crippen molar-refractivity contribution in [1.82, 2.24) is 0 Å². The van der Waals surface area contributed by atoms with E-state index in [0.717, 1.165) is 27.5 Å². The Labute approximate surface area is 177 Å². The molecule has 0 saturated carbocycles. The van der Waals surface area contributed by atoms with Crippen molar-refractivity contribution < 1.29 is 8.42 Å². The molecule has 0 amide bonds. The predicted octanol–water partition coefficient (Wildman–Crippen LogP) is 6.01. The summed E-state index contributed by atoms with van der Waals surface area (Å²) in [6.07, 6.45) is 1.81. The van der Waals surface area contributed by atoms with Gasteiger partial charge in [-0.2, -0.15) is 0 Å². The van der Waals surface area contributed by atoms with Gasteiger partial charge in [0.05, 0.1) is 16.3 Å². The third kappa shape index (κ3) is 4.26. The minimum Gasteiger partial charge on any atom is -0.279 e. The average molecular weight is 415 g/mol. The number of aliphatic imine (C=N–C) groups is 1. The fourth-order valence-electron chi connectivity index (χ4n) is 3.35. The van der Waals surface area contributed by atoms with E-state index >= 15 is 0 Å². The molecule has 0 heterocycles. The van der Waals surface area contributed by atoms with E-state index in [0.29, 0.717) is 11.4 Å². The zero-order valence-electron chi connectivity index (χ0n) is 16.8. The average Bonchev–Trinajstić information content (AvgIpc) is 2.74. The molecule has 0 spiro atoms. The molecule has 0 unspecified atom stereocenters. The molecule has 0 radical (unpaired) electrons. The monoisotopic (exact) mass is 414 g/mol. The van der Waals surface area contributed by atoms with Crippen molar-refractivity contribution in [1.29, 1.82) is 0 Å². The lowest BCUT2D eigenvalue weighted by Gasteiger charge is -2.11. The lowest BCUT2D eigenvalue weighted by atomic mass is 10.1. The van der Waals surface area contributed by atoms with Crippen LogP contribution in [0.3, 0.4) is 0 Å². The Morgan fingerprint density at radius 1 is 0.833 bits per heavy atom. The summed E-state index contributed by atoms with van der Waals surface area (Å²) in [6.45, 7) is 3.86. The summed E-state index contributed by atoms with van der Waals surface area (Å²) < 4.78 is 28.1. The Balaban J connectivity index is 1.55. The lowest BCUT2D eigenvalue weighted by Crippen LogP contribution is -2.13. The molecule has 150 valence electrons. The summed E-state index contributed by atoms with van der Waals surface area (Å²) in [4.78, 5) is 4.72. The third-order valence-corrected chi connectivity index (χ3v) is 6.33. The molecular formula is C25H22N2O2S. The van der Waals surface area contributed by atoms with E-state index in [1.165, 1.54) is 0 Å². The summed E-state index contributed by atoms with van der Waals surface area (Å²) in [5, 5.41) is 2.28. The molecular weight excluding hydrogens is 392 g/mol. The highest BCUT2D eigenvalue weighted by molar-refractivity contribution is 7.92. The van der Waals surface area contributed by atoms with Crippen molar-refractivity contribution in [2.24, 2.45) is 4.99 Å². The van der Waals surface area contributed by atoms with E-state index in [1.807, 2.05) is 50.2 Å². The number of hydrogen-bond donors (Lipinski definition) is 1. The van der Waals surface area contributed by atoms with Crippen LogP contribution in [0.15, 0.2) is 94.8 Å². The van der Waals surface area contributed by atoms with Crippen LogP contribution in [0, 0.1) is 13.8 Å². The highest BCUT2D eigenvalue weighted by Crippen LogP contribution is 2.23. The molecule has 4 nitrogen and oxygen atoms in total. The molecule has 0 fully saturated rings. The summed E-state index contributed by atoms with van der Waals surface area (Å²) >= 11 is 0. The van der Waals surface area contributed by atoms with Gasteiger partial charge in [0.2, 0.25) is 0 Å². The number of nitrogens with one attached hydrogen (secondary N) is 1. The maximum atomic E-state index is 12.7. The first kappa shape index (κ1) is 19.9. The van der Waals surface area contributed by atoms with Gasteiger partial charge in [0.1, 0.15) is 0 Å². The van der Waals surface area contributed by atoms with E-state index in [9.17, 15) is 8.42 Å². The SMILES string of the molecule is Cc1ccc(NS(=O)(=O)c2ccc(N=Cc3cccc4ccccc34)cc2)c(C)c1. The second kappa shape index (κ2) is 8.13. The molecule has 0 bridgehead atoms. The molecule has 0 aromatic heterocycles. The van der Waals surface area contributed by atoms with Crippen molar-refractivity contribution >= 4 is 38.4 Å². The number of benzene rings is 4. The van der Waals surface area contributed by atoms with Crippen molar-refractivity contribution in [3.8, 4) is 0 Å². The molecule has 4 aromatic rings. The van der Waals surface area contributed by atoms with Crippen molar-refractivity contribution in [2.45, 2.75) is 18.7 Å². The Hall–Kier alpha value is -3.44. The second-order valence-electron chi connectivity index (χ2n) is 7.24. The minimum atomic E-state index is -3.66. The van der Waals surface area contributed by atoms with Gasteiger partial charge in [-0.25, -0.2) is 8.42 Å². The van der Waals surface area contributed by atoms with Crippen LogP contribution >= 0.6 is 0 Å². The molecule has 0 aliphatic carbocycles. The number of sulfonamides is 1. The standard InChI is InChI=1S/C25H22N2O2S/c1-18-10-15-25(19(2)16-18)27-30(28,29)23-13-11-22(12-14-23)26-17-21-8-5-7-20-6-3-4-9-24(20)21/h3-17,27H,1-2H3. The van der Waals surface area contributed by atoms with Gasteiger partial charge in [-0.3, -0.25) is 9.71 Å². The molecule has 5 heteroatoms. The first-order valence-electron chi connectivity index (χ1n) is 9.64. The van der Waals surface area contributed by atoms with Gasteiger partial charge in [0, 0.05) is 11.8 Å². The number of hydrogen-bond acceptors (Lipinski definition) is 3. The van der Waals surface area contributed by atoms with Crippen molar-refractivity contribution in [3.05, 3.63) is 102 Å². The molecule has 4 rings (SSSR count). The van der Waals surface area contributed by atoms with Gasteiger partial charge in [0.15, 0.2) is 0 Å². The Kier molecular flexibility index (Phi) is 5.38. The lowest BCUT2D eigenvalue weighted by molar-refractivity contribution is 0.601. The van der Waals surface area contributed by atoms with Crippen LogP contribution in [0.25, 0.3) is 10.8 Å². The number of aryl methyl sites for hydroxylation is 2. The Morgan fingerprint density at radius 3 is 2.33 bits per heavy atom. The van der Waals surface area contributed by atoms with E-state index in [-0.39, 0.29) is 4.90 Å². The first-order valence-corrected chi connectivity index (χ1v) is 11.1. The van der Waals surface area contributed by atoms with Gasteiger partial charge in [-0.15, -0.1) is 0 Å². The van der Waals surface area contributed by atoms with Gasteiger partial charge in [-0.05, 0) is 60.5 Å². The maximum absolute atomic E-state index is 12.7. The van der Waals surface area contributed by atoms with Crippen LogP contribution in [-0.4, -0.2) is 14.6 Å². The summed E-state index contributed by atoms with van der Waals surface area (Å²) in [6, 6.07) is 26.4. The van der Waals surface area contributed by atoms with Crippen LogP contribution in [0.2, 0.25) is 0 Å². The zero-order valence-corrected chi connectivity index (χ0v) is 17.6. The molecule has 0 atom stereocenters. The van der Waals surface area contributed by atoms with Gasteiger partial charge >= 0.3 is 0 Å². The van der Waals surface area contributed by atoms with E-state index in [1.54, 1.807) is 36.5 Å². The molecule has 1 N–H and O–H groups in total. The highest BCUT2D eigenvalue weighted by atomic mass is 32.2. The zero-order chi connectivity index (χ0) is 21.1. The number of anilines is 1. The second-order valence-corrected chi connectivity index (χ2v) is 8.93. The topological polar surface area (TPSA) is 58.5 Å². The number of rotatable bonds is 5. The number of nitrogens with zero attached hydrogens (tertiary/aromatic N) is 1. The van der Waals surface area contributed by atoms with Crippen LogP contribution in [0.4, 0.5) is 11.4 Å². The van der Waals surface area contributed by atoms with E-state index in [4.69, 9.17) is 0 Å². The van der Waals surface area contributed by atoms with E-state index in [2.05, 4.69) is 27.9 Å². The van der Waals surface area contributed by atoms with Crippen molar-refractivity contribution in [2.75, 3.05) is 4.72 Å². The summed E-state index contributed by atoms with van der Waals surface area (Å²) in [5.41, 5.74) is 4.26. The normalized spacial score (nSPS) is 11.8. The maximum Gasteiger partial charge on any atom is 0.261 e. The largest absolute Gasteiger partial charge is 0.279 e. The quantitative estimate of drug-likeness (QED) is 0.407. The van der Waals surface area contributed by atoms with Gasteiger partial charge in [0.25, 0.3) is 10.0 Å². The Bertz CT molecular complexity index is 1340. The number of fused-ring (bicyclic) bond motifs is 1. The van der Waals surface area contributed by atoms with Crippen LogP contribution in [0.5, 0.6) is 0 Å². The van der Waals surface area contributed by atoms with E-state index < -0.39 is 10.0 Å². The summed E-state index contributed by atoms with van der Waals surface area (Å²) in [5.74, 6) is 0. The third-order valence-electron chi connectivity index (χ3n) is 4.95. The van der Waals surface area contributed by atoms with Crippen LogP contribution in [-0.2, 0) is 10.0 Å². The molecule has 0 aliphatic heterocycles. The molecule has 4 aromatic carbocycles. The minimum absolute atomic E-state index is 0.201. The fourth-order valence-corrected chi connectivity index (χ4v) is 4.48. The van der Waals surface area contributed by atoms with Crippen LogP contribution in [0.1, 0.15) is 16.7 Å². The van der Waals surface area contributed by atoms with Gasteiger partial charge in [-0.1, -0.05) is 60.2 Å².